The summed E-state index contributed by atoms with van der Waals surface area (Å²) in [5.74, 6) is -0.291. The van der Waals surface area contributed by atoms with Gasteiger partial charge < -0.3 is 4.74 Å². The van der Waals surface area contributed by atoms with E-state index in [0.717, 1.165) is 6.42 Å². The molecule has 72 valence electrons. The summed E-state index contributed by atoms with van der Waals surface area (Å²) in [6.45, 7) is 2.40. The molecule has 0 saturated heterocycles. The Morgan fingerprint density at radius 2 is 2.31 bits per heavy atom. The number of hydrogen-bond donors (Lipinski definition) is 0. The monoisotopic (exact) mass is 188 g/mol. The molecule has 1 aromatic heterocycles. The lowest BCUT2D eigenvalue weighted by molar-refractivity contribution is 0.138. The van der Waals surface area contributed by atoms with Gasteiger partial charge in [-0.05, 0) is 6.42 Å². The number of aromatic nitrogens is 2. The summed E-state index contributed by atoms with van der Waals surface area (Å²) in [7, 11) is 0. The Morgan fingerprint density at radius 3 is 2.92 bits per heavy atom. The smallest absolute Gasteiger partial charge is 0.297 e. The zero-order valence-corrected chi connectivity index (χ0v) is 7.20. The molecular weight excluding hydrogens is 178 g/mol. The Kier molecular flexibility index (Phi) is 3.54. The van der Waals surface area contributed by atoms with E-state index in [0.29, 0.717) is 6.61 Å². The van der Waals surface area contributed by atoms with Crippen LogP contribution in [-0.2, 0) is 0 Å². The average molecular weight is 188 g/mol. The molecule has 0 atom stereocenters. The van der Waals surface area contributed by atoms with Gasteiger partial charge in [-0.15, -0.1) is 0 Å². The van der Waals surface area contributed by atoms with E-state index < -0.39 is 12.2 Å². The van der Waals surface area contributed by atoms with Gasteiger partial charge in [-0.1, -0.05) is 6.92 Å². The van der Waals surface area contributed by atoms with E-state index in [1.165, 1.54) is 12.3 Å². The van der Waals surface area contributed by atoms with Gasteiger partial charge in [0.15, 0.2) is 5.82 Å². The second kappa shape index (κ2) is 4.69. The van der Waals surface area contributed by atoms with Crippen LogP contribution in [0, 0.1) is 0 Å². The molecule has 0 radical (unpaired) electrons. The molecule has 5 heteroatoms. The maximum Gasteiger partial charge on any atom is 0.297 e. The Hall–Kier alpha value is -1.26. The number of ether oxygens (including phenoxy) is 1. The third-order valence-corrected chi connectivity index (χ3v) is 1.30. The molecule has 1 aromatic rings. The minimum Gasteiger partial charge on any atom is -0.478 e. The molecule has 0 spiro atoms. The van der Waals surface area contributed by atoms with Crippen molar-refractivity contribution in [3.05, 3.63) is 18.1 Å². The lowest BCUT2D eigenvalue weighted by Crippen LogP contribution is -2.01. The quantitative estimate of drug-likeness (QED) is 0.726. The van der Waals surface area contributed by atoms with Crippen LogP contribution in [0.15, 0.2) is 12.3 Å². The van der Waals surface area contributed by atoms with Crippen LogP contribution in [-0.4, -0.2) is 16.6 Å². The van der Waals surface area contributed by atoms with Gasteiger partial charge in [0, 0.05) is 12.3 Å². The molecule has 0 aliphatic rings. The van der Waals surface area contributed by atoms with Gasteiger partial charge in [-0.25, -0.2) is 13.8 Å². The van der Waals surface area contributed by atoms with Crippen LogP contribution in [0.3, 0.4) is 0 Å². The zero-order chi connectivity index (χ0) is 9.68. The zero-order valence-electron chi connectivity index (χ0n) is 7.20. The summed E-state index contributed by atoms with van der Waals surface area (Å²) in [6, 6.07) is 1.46. The summed E-state index contributed by atoms with van der Waals surface area (Å²) >= 11 is 0. The van der Waals surface area contributed by atoms with E-state index in [9.17, 15) is 8.78 Å². The molecule has 0 unspecified atom stereocenters. The molecule has 3 nitrogen and oxygen atoms in total. The summed E-state index contributed by atoms with van der Waals surface area (Å²) in [4.78, 5) is 6.93. The van der Waals surface area contributed by atoms with Crippen LogP contribution in [0.1, 0.15) is 25.6 Å². The molecule has 0 amide bonds. The Labute approximate surface area is 74.8 Å². The summed E-state index contributed by atoms with van der Waals surface area (Å²) in [6.07, 6.45) is -0.571. The molecular formula is C8H10F2N2O. The Morgan fingerprint density at radius 1 is 1.54 bits per heavy atom. The molecule has 0 bridgehead atoms. The first-order chi connectivity index (χ1) is 6.24. The van der Waals surface area contributed by atoms with Gasteiger partial charge in [0.1, 0.15) is 0 Å². The van der Waals surface area contributed by atoms with E-state index in [1.807, 2.05) is 6.92 Å². The van der Waals surface area contributed by atoms with E-state index in [-0.39, 0.29) is 5.88 Å². The Balaban J connectivity index is 2.68. The molecule has 0 aliphatic heterocycles. The highest BCUT2D eigenvalue weighted by Crippen LogP contribution is 2.15. The molecule has 0 aromatic carbocycles. The second-order valence-corrected chi connectivity index (χ2v) is 2.40. The first-order valence-corrected chi connectivity index (χ1v) is 3.98. The number of alkyl halides is 2. The van der Waals surface area contributed by atoms with Crippen molar-refractivity contribution in [2.45, 2.75) is 19.8 Å². The van der Waals surface area contributed by atoms with Gasteiger partial charge in [0.25, 0.3) is 6.43 Å². The average Bonchev–Trinajstić information content (AvgIpc) is 2.15. The third-order valence-electron chi connectivity index (χ3n) is 1.30. The van der Waals surface area contributed by atoms with Gasteiger partial charge in [-0.3, -0.25) is 0 Å². The SMILES string of the molecule is CCCOc1ccnc(C(F)F)n1. The molecule has 1 rings (SSSR count). The lowest BCUT2D eigenvalue weighted by Gasteiger charge is -2.03. The first-order valence-electron chi connectivity index (χ1n) is 3.98. The van der Waals surface area contributed by atoms with Gasteiger partial charge in [0.2, 0.25) is 5.88 Å². The number of halogens is 2. The maximum atomic E-state index is 12.1. The number of hydrogen-bond acceptors (Lipinski definition) is 3. The summed E-state index contributed by atoms with van der Waals surface area (Å²) < 4.78 is 29.2. The lowest BCUT2D eigenvalue weighted by atomic mass is 10.5. The molecule has 1 heterocycles. The van der Waals surface area contributed by atoms with Crippen molar-refractivity contribution in [1.82, 2.24) is 9.97 Å². The summed E-state index contributed by atoms with van der Waals surface area (Å²) in [5, 5.41) is 0. The predicted octanol–water partition coefficient (Wildman–Crippen LogP) is 2.20. The predicted molar refractivity (Wildman–Crippen MR) is 42.8 cm³/mol. The highest BCUT2D eigenvalue weighted by atomic mass is 19.3. The third kappa shape index (κ3) is 2.93. The van der Waals surface area contributed by atoms with Gasteiger partial charge in [0.05, 0.1) is 6.61 Å². The molecule has 0 saturated carbocycles. The molecule has 0 N–H and O–H groups in total. The van der Waals surface area contributed by atoms with Crippen molar-refractivity contribution in [3.8, 4) is 5.88 Å². The Bertz CT molecular complexity index is 268. The van der Waals surface area contributed by atoms with E-state index in [2.05, 4.69) is 9.97 Å². The van der Waals surface area contributed by atoms with E-state index >= 15 is 0 Å². The maximum absolute atomic E-state index is 12.1. The minimum atomic E-state index is -2.65. The normalized spacial score (nSPS) is 10.5. The van der Waals surface area contributed by atoms with Crippen molar-refractivity contribution in [3.63, 3.8) is 0 Å². The van der Waals surface area contributed by atoms with Gasteiger partial charge >= 0.3 is 0 Å². The van der Waals surface area contributed by atoms with Crippen molar-refractivity contribution < 1.29 is 13.5 Å². The molecule has 13 heavy (non-hydrogen) atoms. The summed E-state index contributed by atoms with van der Waals surface area (Å²) in [5.41, 5.74) is 0. The van der Waals surface area contributed by atoms with E-state index in [4.69, 9.17) is 4.74 Å². The van der Waals surface area contributed by atoms with Crippen molar-refractivity contribution in [2.24, 2.45) is 0 Å². The van der Waals surface area contributed by atoms with Crippen molar-refractivity contribution in [2.75, 3.05) is 6.61 Å². The van der Waals surface area contributed by atoms with Crippen LogP contribution in [0.25, 0.3) is 0 Å². The highest BCUT2D eigenvalue weighted by Gasteiger charge is 2.10. The standard InChI is InChI=1S/C8H10F2N2O/c1-2-5-13-6-3-4-11-8(12-6)7(9)10/h3-4,7H,2,5H2,1H3. The largest absolute Gasteiger partial charge is 0.478 e. The second-order valence-electron chi connectivity index (χ2n) is 2.40. The van der Waals surface area contributed by atoms with E-state index in [1.54, 1.807) is 0 Å². The van der Waals surface area contributed by atoms with Crippen molar-refractivity contribution in [1.29, 1.82) is 0 Å². The van der Waals surface area contributed by atoms with Crippen LogP contribution in [0.5, 0.6) is 5.88 Å². The number of nitrogens with zero attached hydrogens (tertiary/aromatic N) is 2. The van der Waals surface area contributed by atoms with Crippen LogP contribution in [0.4, 0.5) is 8.78 Å². The fourth-order valence-corrected chi connectivity index (χ4v) is 0.749. The highest BCUT2D eigenvalue weighted by molar-refractivity contribution is 5.08. The topological polar surface area (TPSA) is 35.0 Å². The minimum absolute atomic E-state index is 0.201. The first kappa shape index (κ1) is 9.83. The fraction of sp³-hybridized carbons (Fsp3) is 0.500. The van der Waals surface area contributed by atoms with Gasteiger partial charge in [-0.2, -0.15) is 4.98 Å². The van der Waals surface area contributed by atoms with Crippen LogP contribution >= 0.6 is 0 Å². The fourth-order valence-electron chi connectivity index (χ4n) is 0.749. The van der Waals surface area contributed by atoms with Crippen LogP contribution < -0.4 is 4.74 Å². The van der Waals surface area contributed by atoms with Crippen LogP contribution in [0.2, 0.25) is 0 Å². The number of rotatable bonds is 4. The molecule has 0 aliphatic carbocycles. The van der Waals surface area contributed by atoms with Crippen molar-refractivity contribution >= 4 is 0 Å². The molecule has 0 fully saturated rings.